The number of benzene rings is 1. The second-order valence-electron chi connectivity index (χ2n) is 4.98. The van der Waals surface area contributed by atoms with Gasteiger partial charge >= 0.3 is 0 Å². The predicted molar refractivity (Wildman–Crippen MR) is 78.9 cm³/mol. The van der Waals surface area contributed by atoms with Gasteiger partial charge in [-0.1, -0.05) is 0 Å². The Morgan fingerprint density at radius 1 is 1.20 bits per heavy atom. The number of carbonyl (C=O) groups excluding carboxylic acids is 1. The van der Waals surface area contributed by atoms with Gasteiger partial charge in [0, 0.05) is 11.8 Å². The van der Waals surface area contributed by atoms with Crippen LogP contribution >= 0.6 is 12.4 Å². The zero-order chi connectivity index (χ0) is 13.1. The summed E-state index contributed by atoms with van der Waals surface area (Å²) in [7, 11) is 0. The van der Waals surface area contributed by atoms with Gasteiger partial charge in [0.25, 0.3) is 0 Å². The van der Waals surface area contributed by atoms with Crippen molar-refractivity contribution in [3.63, 3.8) is 0 Å². The number of nitrogens with one attached hydrogen (secondary N) is 2. The van der Waals surface area contributed by atoms with Crippen LogP contribution in [0.25, 0.3) is 0 Å². The van der Waals surface area contributed by atoms with Crippen molar-refractivity contribution in [3.8, 4) is 11.5 Å². The molecule has 0 spiro atoms. The third-order valence-electron chi connectivity index (χ3n) is 3.24. The zero-order valence-electron chi connectivity index (χ0n) is 11.2. The molecule has 0 unspecified atom stereocenters. The third-order valence-corrected chi connectivity index (χ3v) is 3.24. The van der Waals surface area contributed by atoms with Crippen molar-refractivity contribution in [2.24, 2.45) is 5.92 Å². The summed E-state index contributed by atoms with van der Waals surface area (Å²) in [6, 6.07) is 5.45. The van der Waals surface area contributed by atoms with E-state index in [0.29, 0.717) is 25.5 Å². The van der Waals surface area contributed by atoms with Crippen molar-refractivity contribution in [1.29, 1.82) is 0 Å². The Labute approximate surface area is 124 Å². The maximum atomic E-state index is 11.7. The fourth-order valence-electron chi connectivity index (χ4n) is 2.04. The summed E-state index contributed by atoms with van der Waals surface area (Å²) in [5, 5.41) is 6.01. The molecule has 1 heterocycles. The second-order valence-corrected chi connectivity index (χ2v) is 4.98. The molecule has 3 rings (SSSR count). The number of anilines is 1. The normalized spacial score (nSPS) is 16.2. The number of carbonyl (C=O) groups is 1. The minimum Gasteiger partial charge on any atom is -0.486 e. The summed E-state index contributed by atoms with van der Waals surface area (Å²) in [6.07, 6.45) is 2.58. The predicted octanol–water partition coefficient (Wildman–Crippen LogP) is 1.82. The molecule has 6 heteroatoms. The van der Waals surface area contributed by atoms with Crippen molar-refractivity contribution < 1.29 is 14.3 Å². The van der Waals surface area contributed by atoms with Crippen LogP contribution in [0.2, 0.25) is 0 Å². The van der Waals surface area contributed by atoms with E-state index >= 15 is 0 Å². The molecular formula is C14H19ClN2O3. The zero-order valence-corrected chi connectivity index (χ0v) is 12.0. The van der Waals surface area contributed by atoms with Crippen LogP contribution < -0.4 is 20.1 Å². The fourth-order valence-corrected chi connectivity index (χ4v) is 2.04. The molecule has 20 heavy (non-hydrogen) atoms. The molecule has 1 saturated carbocycles. The number of fused-ring (bicyclic) bond motifs is 1. The van der Waals surface area contributed by atoms with Crippen molar-refractivity contribution in [2.45, 2.75) is 12.8 Å². The number of amides is 1. The van der Waals surface area contributed by atoms with Crippen LogP contribution in [0.4, 0.5) is 5.69 Å². The molecule has 1 fully saturated rings. The Kier molecular flexibility index (Phi) is 5.09. The van der Waals surface area contributed by atoms with E-state index in [2.05, 4.69) is 10.6 Å². The molecule has 1 aliphatic carbocycles. The molecule has 0 bridgehead atoms. The second kappa shape index (κ2) is 6.81. The van der Waals surface area contributed by atoms with Crippen LogP contribution in [0.1, 0.15) is 12.8 Å². The van der Waals surface area contributed by atoms with E-state index in [0.717, 1.165) is 23.9 Å². The highest BCUT2D eigenvalue weighted by Gasteiger charge is 2.20. The van der Waals surface area contributed by atoms with Crippen LogP contribution in [0.5, 0.6) is 11.5 Å². The largest absolute Gasteiger partial charge is 0.486 e. The third kappa shape index (κ3) is 4.02. The number of rotatable bonds is 5. The van der Waals surface area contributed by atoms with Crippen LogP contribution in [0.3, 0.4) is 0 Å². The minimum atomic E-state index is -0.0303. The van der Waals surface area contributed by atoms with Crippen LogP contribution in [-0.2, 0) is 4.79 Å². The molecule has 1 aromatic rings. The van der Waals surface area contributed by atoms with Gasteiger partial charge in [0.05, 0.1) is 6.54 Å². The van der Waals surface area contributed by atoms with Gasteiger partial charge < -0.3 is 20.1 Å². The average Bonchev–Trinajstić information content (AvgIpc) is 3.23. The number of hydrogen-bond donors (Lipinski definition) is 2. The summed E-state index contributed by atoms with van der Waals surface area (Å²) in [6.45, 7) is 2.41. The van der Waals surface area contributed by atoms with Crippen LogP contribution in [0.15, 0.2) is 18.2 Å². The van der Waals surface area contributed by atoms with Gasteiger partial charge in [0.1, 0.15) is 13.2 Å². The smallest absolute Gasteiger partial charge is 0.238 e. The average molecular weight is 299 g/mol. The minimum absolute atomic E-state index is 0. The van der Waals surface area contributed by atoms with Crippen molar-refractivity contribution in [2.75, 3.05) is 31.6 Å². The first-order chi connectivity index (χ1) is 9.31. The van der Waals surface area contributed by atoms with E-state index in [1.807, 2.05) is 12.1 Å². The van der Waals surface area contributed by atoms with Gasteiger partial charge in [0.2, 0.25) is 5.91 Å². The quantitative estimate of drug-likeness (QED) is 0.870. The number of ether oxygens (including phenoxy) is 2. The summed E-state index contributed by atoms with van der Waals surface area (Å²) < 4.78 is 10.9. The van der Waals surface area contributed by atoms with Crippen molar-refractivity contribution in [1.82, 2.24) is 5.32 Å². The highest BCUT2D eigenvalue weighted by molar-refractivity contribution is 5.92. The highest BCUT2D eigenvalue weighted by Crippen LogP contribution is 2.32. The molecule has 2 N–H and O–H groups in total. The monoisotopic (exact) mass is 298 g/mol. The summed E-state index contributed by atoms with van der Waals surface area (Å²) in [5.74, 6) is 2.17. The molecule has 1 aliphatic heterocycles. The molecule has 0 saturated heterocycles. The number of halogens is 1. The first-order valence-electron chi connectivity index (χ1n) is 6.71. The molecule has 2 aliphatic rings. The lowest BCUT2D eigenvalue weighted by Gasteiger charge is -2.19. The molecule has 1 aromatic carbocycles. The summed E-state index contributed by atoms with van der Waals surface area (Å²) in [4.78, 5) is 11.7. The Hall–Kier alpha value is -1.46. The van der Waals surface area contributed by atoms with E-state index < -0.39 is 0 Å². The van der Waals surface area contributed by atoms with Gasteiger partial charge in [0.15, 0.2) is 11.5 Å². The lowest BCUT2D eigenvalue weighted by atomic mass is 10.2. The van der Waals surface area contributed by atoms with Crippen molar-refractivity contribution in [3.05, 3.63) is 18.2 Å². The Bertz CT molecular complexity index is 477. The van der Waals surface area contributed by atoms with Crippen molar-refractivity contribution >= 4 is 24.0 Å². The molecule has 0 aromatic heterocycles. The fraction of sp³-hybridized carbons (Fsp3) is 0.500. The Morgan fingerprint density at radius 3 is 2.70 bits per heavy atom. The molecule has 1 amide bonds. The molecule has 110 valence electrons. The molecular weight excluding hydrogens is 280 g/mol. The SMILES string of the molecule is Cl.O=C(CNCC1CC1)Nc1ccc2c(c1)OCCO2. The van der Waals surface area contributed by atoms with Gasteiger partial charge in [-0.25, -0.2) is 0 Å². The molecule has 0 radical (unpaired) electrons. The lowest BCUT2D eigenvalue weighted by Crippen LogP contribution is -2.29. The first-order valence-corrected chi connectivity index (χ1v) is 6.71. The maximum Gasteiger partial charge on any atom is 0.238 e. The number of hydrogen-bond acceptors (Lipinski definition) is 4. The van der Waals surface area contributed by atoms with Gasteiger partial charge in [-0.2, -0.15) is 0 Å². The Morgan fingerprint density at radius 2 is 1.95 bits per heavy atom. The van der Waals surface area contributed by atoms with Gasteiger partial charge in [-0.05, 0) is 37.4 Å². The summed E-state index contributed by atoms with van der Waals surface area (Å²) in [5.41, 5.74) is 0.738. The van der Waals surface area contributed by atoms with Crippen LogP contribution in [0, 0.1) is 5.92 Å². The standard InChI is InChI=1S/C14H18N2O3.ClH/c17-14(9-15-8-10-1-2-10)16-11-3-4-12-13(7-11)19-6-5-18-12;/h3-4,7,10,15H,1-2,5-6,8-9H2,(H,16,17);1H. The molecule has 0 atom stereocenters. The van der Waals surface area contributed by atoms with Gasteiger partial charge in [-0.15, -0.1) is 12.4 Å². The topological polar surface area (TPSA) is 59.6 Å². The van der Waals surface area contributed by atoms with E-state index in [9.17, 15) is 4.79 Å². The first kappa shape index (κ1) is 14.9. The lowest BCUT2D eigenvalue weighted by molar-refractivity contribution is -0.115. The molecule has 5 nitrogen and oxygen atoms in total. The van der Waals surface area contributed by atoms with Crippen LogP contribution in [-0.4, -0.2) is 32.2 Å². The van der Waals surface area contributed by atoms with E-state index in [-0.39, 0.29) is 18.3 Å². The highest BCUT2D eigenvalue weighted by atomic mass is 35.5. The Balaban J connectivity index is 0.00000147. The van der Waals surface area contributed by atoms with Gasteiger partial charge in [-0.3, -0.25) is 4.79 Å². The summed E-state index contributed by atoms with van der Waals surface area (Å²) >= 11 is 0. The van der Waals surface area contributed by atoms with E-state index in [1.165, 1.54) is 12.8 Å². The van der Waals surface area contributed by atoms with E-state index in [1.54, 1.807) is 6.07 Å². The van der Waals surface area contributed by atoms with E-state index in [4.69, 9.17) is 9.47 Å². The maximum absolute atomic E-state index is 11.7.